The third-order valence-electron chi connectivity index (χ3n) is 4.84. The third kappa shape index (κ3) is 4.56. The van der Waals surface area contributed by atoms with Crippen LogP contribution in [0.4, 0.5) is 0 Å². The summed E-state index contributed by atoms with van der Waals surface area (Å²) < 4.78 is 2.11. The zero-order chi connectivity index (χ0) is 20.1. The van der Waals surface area contributed by atoms with Crippen LogP contribution >= 0.6 is 11.6 Å². The zero-order valence-corrected chi connectivity index (χ0v) is 17.5. The molecule has 0 saturated carbocycles. The highest BCUT2D eigenvalue weighted by atomic mass is 35.5. The summed E-state index contributed by atoms with van der Waals surface area (Å²) in [5.74, 6) is 1.33. The lowest BCUT2D eigenvalue weighted by Crippen LogP contribution is -2.35. The normalized spacial score (nSPS) is 12.5. The molecule has 0 aliphatic rings. The summed E-state index contributed by atoms with van der Waals surface area (Å²) in [4.78, 5) is 17.9. The predicted molar refractivity (Wildman–Crippen MR) is 116 cm³/mol. The van der Waals surface area contributed by atoms with E-state index >= 15 is 0 Å². The van der Waals surface area contributed by atoms with Crippen molar-refractivity contribution in [2.75, 3.05) is 6.54 Å². The standard InChI is InChI=1S/C23H28ClN3O/c1-4-9-21(23(28)25-15-16(2)3)27-20-13-8-7-12-19(20)26-22(27)14-17-10-5-6-11-18(17)24/h5-8,10-13,16,21H,4,9,14-15H2,1-3H3,(H,25,28)/t21-/m0/s1. The maximum atomic E-state index is 13.1. The van der Waals surface area contributed by atoms with Gasteiger partial charge in [-0.05, 0) is 36.1 Å². The van der Waals surface area contributed by atoms with E-state index in [-0.39, 0.29) is 11.9 Å². The molecular formula is C23H28ClN3O. The molecule has 0 bridgehead atoms. The summed E-state index contributed by atoms with van der Waals surface area (Å²) >= 11 is 6.40. The van der Waals surface area contributed by atoms with Crippen molar-refractivity contribution in [3.05, 3.63) is 64.9 Å². The van der Waals surface area contributed by atoms with Crippen molar-refractivity contribution in [1.29, 1.82) is 0 Å². The van der Waals surface area contributed by atoms with Gasteiger partial charge in [0.25, 0.3) is 0 Å². The van der Waals surface area contributed by atoms with E-state index < -0.39 is 0 Å². The van der Waals surface area contributed by atoms with Crippen LogP contribution in [-0.4, -0.2) is 22.0 Å². The van der Waals surface area contributed by atoms with Crippen molar-refractivity contribution in [3.8, 4) is 0 Å². The van der Waals surface area contributed by atoms with Gasteiger partial charge in [-0.15, -0.1) is 0 Å². The molecule has 1 heterocycles. The lowest BCUT2D eigenvalue weighted by Gasteiger charge is -2.22. The molecule has 0 radical (unpaired) electrons. The number of nitrogens with one attached hydrogen (secondary N) is 1. The largest absolute Gasteiger partial charge is 0.354 e. The fourth-order valence-electron chi connectivity index (χ4n) is 3.45. The number of imidazole rings is 1. The van der Waals surface area contributed by atoms with Gasteiger partial charge in [0.2, 0.25) is 5.91 Å². The number of nitrogens with zero attached hydrogens (tertiary/aromatic N) is 2. The monoisotopic (exact) mass is 397 g/mol. The van der Waals surface area contributed by atoms with Crippen LogP contribution in [0.15, 0.2) is 48.5 Å². The van der Waals surface area contributed by atoms with Gasteiger partial charge in [-0.25, -0.2) is 4.98 Å². The summed E-state index contributed by atoms with van der Waals surface area (Å²) in [6.07, 6.45) is 2.27. The fourth-order valence-corrected chi connectivity index (χ4v) is 3.65. The molecule has 0 fully saturated rings. The number of fused-ring (bicyclic) bond motifs is 1. The molecule has 1 aromatic heterocycles. The summed E-state index contributed by atoms with van der Waals surface area (Å²) in [6.45, 7) is 6.98. The van der Waals surface area contributed by atoms with E-state index in [9.17, 15) is 4.79 Å². The summed E-state index contributed by atoms with van der Waals surface area (Å²) in [5, 5.41) is 3.83. The molecule has 0 spiro atoms. The summed E-state index contributed by atoms with van der Waals surface area (Å²) in [6, 6.07) is 15.5. The minimum atomic E-state index is -0.284. The van der Waals surface area contributed by atoms with Gasteiger partial charge in [0.15, 0.2) is 0 Å². The zero-order valence-electron chi connectivity index (χ0n) is 16.8. The van der Waals surface area contributed by atoms with E-state index in [1.165, 1.54) is 0 Å². The molecule has 1 atom stereocenters. The quantitative estimate of drug-likeness (QED) is 0.553. The van der Waals surface area contributed by atoms with Crippen LogP contribution < -0.4 is 5.32 Å². The first-order chi connectivity index (χ1) is 13.5. The molecule has 1 amide bonds. The highest BCUT2D eigenvalue weighted by Gasteiger charge is 2.25. The molecule has 0 aliphatic heterocycles. The highest BCUT2D eigenvalue weighted by Crippen LogP contribution is 2.27. The maximum absolute atomic E-state index is 13.1. The number of rotatable bonds is 8. The van der Waals surface area contributed by atoms with Gasteiger partial charge in [0.05, 0.1) is 11.0 Å². The number of carbonyl (C=O) groups excluding carboxylic acids is 1. The minimum absolute atomic E-state index is 0.0547. The van der Waals surface area contributed by atoms with Gasteiger partial charge in [-0.3, -0.25) is 4.79 Å². The molecule has 2 aromatic carbocycles. The lowest BCUT2D eigenvalue weighted by atomic mass is 10.1. The Morgan fingerprint density at radius 3 is 2.57 bits per heavy atom. The van der Waals surface area contributed by atoms with E-state index in [0.29, 0.717) is 18.9 Å². The van der Waals surface area contributed by atoms with Crippen LogP contribution in [0.3, 0.4) is 0 Å². The van der Waals surface area contributed by atoms with Gasteiger partial charge < -0.3 is 9.88 Å². The number of halogens is 1. The van der Waals surface area contributed by atoms with Crippen LogP contribution in [-0.2, 0) is 11.2 Å². The summed E-state index contributed by atoms with van der Waals surface area (Å²) in [5.41, 5.74) is 2.91. The molecular weight excluding hydrogens is 370 g/mol. The van der Waals surface area contributed by atoms with Gasteiger partial charge in [-0.1, -0.05) is 69.1 Å². The second-order valence-corrected chi connectivity index (χ2v) is 8.01. The molecule has 4 nitrogen and oxygen atoms in total. The van der Waals surface area contributed by atoms with Crippen LogP contribution in [0.1, 0.15) is 51.0 Å². The van der Waals surface area contributed by atoms with Crippen molar-refractivity contribution in [1.82, 2.24) is 14.9 Å². The third-order valence-corrected chi connectivity index (χ3v) is 5.20. The van der Waals surface area contributed by atoms with Crippen molar-refractivity contribution in [2.45, 2.75) is 46.1 Å². The van der Waals surface area contributed by atoms with Crippen LogP contribution in [0.5, 0.6) is 0 Å². The first-order valence-corrected chi connectivity index (χ1v) is 10.4. The van der Waals surface area contributed by atoms with E-state index in [1.807, 2.05) is 48.5 Å². The molecule has 1 N–H and O–H groups in total. The van der Waals surface area contributed by atoms with Gasteiger partial charge in [0, 0.05) is 18.0 Å². The lowest BCUT2D eigenvalue weighted by molar-refractivity contribution is -0.124. The molecule has 28 heavy (non-hydrogen) atoms. The Hall–Kier alpha value is -2.33. The molecule has 5 heteroatoms. The Bertz CT molecular complexity index is 948. The predicted octanol–water partition coefficient (Wildman–Crippen LogP) is 5.39. The number of carbonyl (C=O) groups is 1. The van der Waals surface area contributed by atoms with Gasteiger partial charge in [-0.2, -0.15) is 0 Å². The van der Waals surface area contributed by atoms with Crippen LogP contribution in [0.2, 0.25) is 5.02 Å². The Kier molecular flexibility index (Phi) is 6.74. The topological polar surface area (TPSA) is 46.9 Å². The first-order valence-electron chi connectivity index (χ1n) is 9.98. The molecule has 0 saturated heterocycles. The molecule has 0 unspecified atom stereocenters. The molecule has 0 aliphatic carbocycles. The number of hydrogen-bond acceptors (Lipinski definition) is 2. The van der Waals surface area contributed by atoms with Crippen molar-refractivity contribution in [2.24, 2.45) is 5.92 Å². The number of benzene rings is 2. The van der Waals surface area contributed by atoms with E-state index in [4.69, 9.17) is 16.6 Å². The smallest absolute Gasteiger partial charge is 0.243 e. The van der Waals surface area contributed by atoms with Gasteiger partial charge in [0.1, 0.15) is 11.9 Å². The Morgan fingerprint density at radius 2 is 1.86 bits per heavy atom. The van der Waals surface area contributed by atoms with E-state index in [1.54, 1.807) is 0 Å². The van der Waals surface area contributed by atoms with E-state index in [0.717, 1.165) is 40.3 Å². The molecule has 3 aromatic rings. The van der Waals surface area contributed by atoms with E-state index in [2.05, 4.69) is 30.7 Å². The van der Waals surface area contributed by atoms with Crippen LogP contribution in [0.25, 0.3) is 11.0 Å². The number of aromatic nitrogens is 2. The average molecular weight is 398 g/mol. The second kappa shape index (κ2) is 9.24. The SMILES string of the molecule is CCC[C@@H](C(=O)NCC(C)C)n1c(Cc2ccccc2Cl)nc2ccccc21. The van der Waals surface area contributed by atoms with Crippen LogP contribution in [0, 0.1) is 5.92 Å². The average Bonchev–Trinajstić information content (AvgIpc) is 3.03. The second-order valence-electron chi connectivity index (χ2n) is 7.60. The highest BCUT2D eigenvalue weighted by molar-refractivity contribution is 6.31. The van der Waals surface area contributed by atoms with Crippen molar-refractivity contribution >= 4 is 28.5 Å². The Labute approximate surface area is 171 Å². The van der Waals surface area contributed by atoms with Crippen molar-refractivity contribution in [3.63, 3.8) is 0 Å². The Morgan fingerprint density at radius 1 is 1.14 bits per heavy atom. The minimum Gasteiger partial charge on any atom is -0.354 e. The number of para-hydroxylation sites is 2. The Balaban J connectivity index is 2.05. The number of amides is 1. The van der Waals surface area contributed by atoms with Crippen molar-refractivity contribution < 1.29 is 4.79 Å². The molecule has 3 rings (SSSR count). The molecule has 148 valence electrons. The fraction of sp³-hybridized carbons (Fsp3) is 0.391. The maximum Gasteiger partial charge on any atom is 0.243 e. The number of hydrogen-bond donors (Lipinski definition) is 1. The van der Waals surface area contributed by atoms with Gasteiger partial charge >= 0.3 is 0 Å². The first kappa shape index (κ1) is 20.4. The summed E-state index contributed by atoms with van der Waals surface area (Å²) in [7, 11) is 0.